The Balaban J connectivity index is 2.32. The van der Waals surface area contributed by atoms with Crippen LogP contribution < -0.4 is 5.56 Å². The highest BCUT2D eigenvalue weighted by Gasteiger charge is 2.12. The smallest absolute Gasteiger partial charge is 0.258 e. The zero-order valence-electron chi connectivity index (χ0n) is 10.5. The Hall–Kier alpha value is -2.75. The second kappa shape index (κ2) is 5.09. The Morgan fingerprint density at radius 2 is 1.60 bits per heavy atom. The molecule has 0 bridgehead atoms. The molecule has 98 valence electrons. The van der Waals surface area contributed by atoms with E-state index in [1.54, 1.807) is 18.2 Å². The Morgan fingerprint density at radius 3 is 2.35 bits per heavy atom. The van der Waals surface area contributed by atoms with E-state index in [-0.39, 0.29) is 11.2 Å². The number of aromatic nitrogens is 2. The molecule has 3 rings (SSSR count). The highest BCUT2D eigenvalue weighted by molar-refractivity contribution is 5.58. The minimum atomic E-state index is -0.459. The standard InChI is InChI=1S/C16H11FN2O/c17-13-8-4-5-9-14(13)19-15(20)10-11-18-16(19)12-6-2-1-3-7-12/h1-11H. The van der Waals surface area contributed by atoms with Gasteiger partial charge in [0, 0.05) is 17.8 Å². The van der Waals surface area contributed by atoms with Crippen molar-refractivity contribution in [1.29, 1.82) is 0 Å². The lowest BCUT2D eigenvalue weighted by molar-refractivity contribution is 0.616. The van der Waals surface area contributed by atoms with E-state index in [0.717, 1.165) is 5.56 Å². The molecule has 2 aromatic carbocycles. The average molecular weight is 266 g/mol. The van der Waals surface area contributed by atoms with Crippen molar-refractivity contribution in [1.82, 2.24) is 9.55 Å². The highest BCUT2D eigenvalue weighted by Crippen LogP contribution is 2.20. The normalized spacial score (nSPS) is 10.4. The molecular weight excluding hydrogens is 255 g/mol. The number of rotatable bonds is 2. The summed E-state index contributed by atoms with van der Waals surface area (Å²) >= 11 is 0. The maximum Gasteiger partial charge on any atom is 0.258 e. The van der Waals surface area contributed by atoms with Crippen LogP contribution in [-0.4, -0.2) is 9.55 Å². The van der Waals surface area contributed by atoms with E-state index in [4.69, 9.17) is 0 Å². The van der Waals surface area contributed by atoms with Gasteiger partial charge in [-0.2, -0.15) is 0 Å². The fraction of sp³-hybridized carbons (Fsp3) is 0. The number of para-hydroxylation sites is 1. The largest absolute Gasteiger partial charge is 0.269 e. The van der Waals surface area contributed by atoms with Gasteiger partial charge in [-0.05, 0) is 12.1 Å². The van der Waals surface area contributed by atoms with E-state index in [1.807, 2.05) is 30.3 Å². The van der Waals surface area contributed by atoms with Crippen LogP contribution in [0.1, 0.15) is 0 Å². The molecule has 0 aliphatic heterocycles. The lowest BCUT2D eigenvalue weighted by Gasteiger charge is -2.12. The fourth-order valence-corrected chi connectivity index (χ4v) is 2.07. The van der Waals surface area contributed by atoms with Crippen molar-refractivity contribution in [3.05, 3.63) is 83.0 Å². The maximum atomic E-state index is 14.0. The number of hydrogen-bond acceptors (Lipinski definition) is 2. The molecule has 3 aromatic rings. The quantitative estimate of drug-likeness (QED) is 0.714. The lowest BCUT2D eigenvalue weighted by atomic mass is 10.2. The molecule has 0 unspecified atom stereocenters. The summed E-state index contributed by atoms with van der Waals surface area (Å²) in [5.41, 5.74) is 0.641. The Bertz CT molecular complexity index is 797. The minimum absolute atomic E-state index is 0.199. The molecule has 0 radical (unpaired) electrons. The molecule has 0 spiro atoms. The predicted molar refractivity (Wildman–Crippen MR) is 75.2 cm³/mol. The average Bonchev–Trinajstić information content (AvgIpc) is 2.49. The summed E-state index contributed by atoms with van der Waals surface area (Å²) in [5.74, 6) is -0.0389. The predicted octanol–water partition coefficient (Wildman–Crippen LogP) is 3.04. The molecule has 0 aliphatic rings. The van der Waals surface area contributed by atoms with Crippen LogP contribution in [0.4, 0.5) is 4.39 Å². The van der Waals surface area contributed by atoms with Gasteiger partial charge >= 0.3 is 0 Å². The second-order valence-corrected chi connectivity index (χ2v) is 4.26. The van der Waals surface area contributed by atoms with Gasteiger partial charge in [0.05, 0.1) is 5.69 Å². The lowest BCUT2D eigenvalue weighted by Crippen LogP contribution is -2.21. The van der Waals surface area contributed by atoms with Crippen molar-refractivity contribution < 1.29 is 4.39 Å². The van der Waals surface area contributed by atoms with E-state index in [9.17, 15) is 9.18 Å². The second-order valence-electron chi connectivity index (χ2n) is 4.26. The number of nitrogens with zero attached hydrogens (tertiary/aromatic N) is 2. The van der Waals surface area contributed by atoms with Crippen LogP contribution in [0.3, 0.4) is 0 Å². The molecule has 0 saturated carbocycles. The Labute approximate surface area is 115 Å². The van der Waals surface area contributed by atoms with Crippen molar-refractivity contribution in [2.75, 3.05) is 0 Å². The van der Waals surface area contributed by atoms with Gasteiger partial charge < -0.3 is 0 Å². The molecule has 3 nitrogen and oxygen atoms in total. The van der Waals surface area contributed by atoms with Gasteiger partial charge in [-0.15, -0.1) is 0 Å². The zero-order chi connectivity index (χ0) is 13.9. The molecule has 20 heavy (non-hydrogen) atoms. The Morgan fingerprint density at radius 1 is 0.900 bits per heavy atom. The zero-order valence-corrected chi connectivity index (χ0v) is 10.5. The van der Waals surface area contributed by atoms with Crippen molar-refractivity contribution in [2.24, 2.45) is 0 Å². The topological polar surface area (TPSA) is 34.9 Å². The molecule has 0 aliphatic carbocycles. The van der Waals surface area contributed by atoms with Gasteiger partial charge in [0.15, 0.2) is 0 Å². The first kappa shape index (κ1) is 12.3. The van der Waals surface area contributed by atoms with Crippen molar-refractivity contribution >= 4 is 0 Å². The molecule has 0 fully saturated rings. The van der Waals surface area contributed by atoms with E-state index in [1.165, 1.54) is 22.9 Å². The number of benzene rings is 2. The SMILES string of the molecule is O=c1ccnc(-c2ccccc2)n1-c1ccccc1F. The van der Waals surface area contributed by atoms with E-state index >= 15 is 0 Å². The van der Waals surface area contributed by atoms with Crippen LogP contribution in [0, 0.1) is 5.82 Å². The molecule has 0 saturated heterocycles. The van der Waals surface area contributed by atoms with Crippen LogP contribution in [0.15, 0.2) is 71.7 Å². The molecule has 0 amide bonds. The number of hydrogen-bond donors (Lipinski definition) is 0. The summed E-state index contributed by atoms with van der Waals surface area (Å²) in [7, 11) is 0. The summed E-state index contributed by atoms with van der Waals surface area (Å²) in [4.78, 5) is 16.3. The molecular formula is C16H11FN2O. The van der Waals surface area contributed by atoms with Crippen molar-refractivity contribution in [3.63, 3.8) is 0 Å². The van der Waals surface area contributed by atoms with Gasteiger partial charge in [-0.3, -0.25) is 9.36 Å². The molecule has 0 atom stereocenters. The van der Waals surface area contributed by atoms with Gasteiger partial charge in [0.2, 0.25) is 0 Å². The molecule has 0 N–H and O–H groups in total. The van der Waals surface area contributed by atoms with Gasteiger partial charge in [0.1, 0.15) is 11.6 Å². The number of halogens is 1. The van der Waals surface area contributed by atoms with Crippen LogP contribution >= 0.6 is 0 Å². The summed E-state index contributed by atoms with van der Waals surface area (Å²) in [6, 6.07) is 16.7. The molecule has 1 aromatic heterocycles. The van der Waals surface area contributed by atoms with Crippen LogP contribution in [-0.2, 0) is 0 Å². The molecule has 1 heterocycles. The van der Waals surface area contributed by atoms with Crippen molar-refractivity contribution in [2.45, 2.75) is 0 Å². The first-order valence-corrected chi connectivity index (χ1v) is 6.16. The minimum Gasteiger partial charge on any atom is -0.269 e. The van der Waals surface area contributed by atoms with E-state index in [0.29, 0.717) is 5.82 Å². The van der Waals surface area contributed by atoms with Crippen LogP contribution in [0.2, 0.25) is 0 Å². The fourth-order valence-electron chi connectivity index (χ4n) is 2.07. The third kappa shape index (κ3) is 2.12. The van der Waals surface area contributed by atoms with Gasteiger partial charge in [0.25, 0.3) is 5.56 Å². The summed E-state index contributed by atoms with van der Waals surface area (Å²) < 4.78 is 15.2. The third-order valence-corrected chi connectivity index (χ3v) is 2.97. The van der Waals surface area contributed by atoms with E-state index < -0.39 is 5.82 Å². The maximum absolute atomic E-state index is 14.0. The third-order valence-electron chi connectivity index (χ3n) is 2.97. The van der Waals surface area contributed by atoms with Gasteiger partial charge in [-0.1, -0.05) is 42.5 Å². The summed E-state index contributed by atoms with van der Waals surface area (Å²) in [6.45, 7) is 0. The van der Waals surface area contributed by atoms with Gasteiger partial charge in [-0.25, -0.2) is 9.37 Å². The highest BCUT2D eigenvalue weighted by atomic mass is 19.1. The summed E-state index contributed by atoms with van der Waals surface area (Å²) in [6.07, 6.45) is 1.43. The first-order chi connectivity index (χ1) is 9.77. The Kier molecular flexibility index (Phi) is 3.13. The van der Waals surface area contributed by atoms with Crippen LogP contribution in [0.25, 0.3) is 17.1 Å². The molecule has 4 heteroatoms. The van der Waals surface area contributed by atoms with Crippen LogP contribution in [0.5, 0.6) is 0 Å². The van der Waals surface area contributed by atoms with E-state index in [2.05, 4.69) is 4.98 Å². The van der Waals surface area contributed by atoms with Crippen molar-refractivity contribution in [3.8, 4) is 17.1 Å². The summed E-state index contributed by atoms with van der Waals surface area (Å²) in [5, 5.41) is 0. The first-order valence-electron chi connectivity index (χ1n) is 6.16. The monoisotopic (exact) mass is 266 g/mol.